The number of nitrogens with zero attached hydrogens (tertiary/aromatic N) is 2. The molecule has 0 radical (unpaired) electrons. The minimum atomic E-state index is -0.809. The Hall–Kier alpha value is -1.40. The molecule has 0 spiro atoms. The van der Waals surface area contributed by atoms with Crippen LogP contribution in [-0.4, -0.2) is 52.5 Å². The highest BCUT2D eigenvalue weighted by Crippen LogP contribution is 2.35. The fourth-order valence-corrected chi connectivity index (χ4v) is 4.62. The number of fused-ring (bicyclic) bond motifs is 1. The molecule has 0 bridgehead atoms. The lowest BCUT2D eigenvalue weighted by Gasteiger charge is -2.36. The smallest absolute Gasteiger partial charge is 0.320 e. The van der Waals surface area contributed by atoms with Crippen molar-refractivity contribution in [2.75, 3.05) is 19.6 Å². The Morgan fingerprint density at radius 1 is 1.41 bits per heavy atom. The van der Waals surface area contributed by atoms with E-state index in [1.165, 1.54) is 10.4 Å². The molecular formula is C16H22N2O3S. The first-order chi connectivity index (χ1) is 10.6. The first-order valence-corrected chi connectivity index (χ1v) is 8.82. The fraction of sp³-hybridized carbons (Fsp3) is 0.625. The molecule has 5 nitrogen and oxygen atoms in total. The van der Waals surface area contributed by atoms with Gasteiger partial charge in [-0.3, -0.25) is 14.5 Å². The van der Waals surface area contributed by atoms with Gasteiger partial charge >= 0.3 is 5.97 Å². The number of carboxylic acids is 1. The summed E-state index contributed by atoms with van der Waals surface area (Å²) < 4.78 is 0. The average Bonchev–Trinajstić information content (AvgIpc) is 3.14. The first kappa shape index (κ1) is 15.5. The molecule has 1 amide bonds. The second-order valence-corrected chi connectivity index (χ2v) is 7.03. The standard InChI is InChI=1S/C16H22N2O3S/c1-2-12-11-6-9-22-14(11)5-8-18(12)15(19)10-17-7-3-4-13(17)16(20)21/h6,9,12-13H,2-5,7-8,10H2,1H3,(H,20,21)/t12-,13+/m1/s1. The average molecular weight is 322 g/mol. The summed E-state index contributed by atoms with van der Waals surface area (Å²) in [6.07, 6.45) is 3.32. The van der Waals surface area contributed by atoms with Crippen molar-refractivity contribution in [3.8, 4) is 0 Å². The molecule has 6 heteroatoms. The molecule has 1 saturated heterocycles. The van der Waals surface area contributed by atoms with Gasteiger partial charge in [-0.25, -0.2) is 0 Å². The summed E-state index contributed by atoms with van der Waals surface area (Å²) in [7, 11) is 0. The SMILES string of the molecule is CC[C@@H]1c2ccsc2CCN1C(=O)CN1CCC[C@H]1C(=O)O. The summed E-state index contributed by atoms with van der Waals surface area (Å²) in [5.74, 6) is -0.743. The van der Waals surface area contributed by atoms with Crippen molar-refractivity contribution in [2.45, 2.75) is 44.7 Å². The largest absolute Gasteiger partial charge is 0.480 e. The summed E-state index contributed by atoms with van der Waals surface area (Å²) in [4.78, 5) is 29.1. The number of carboxylic acid groups (broad SMARTS) is 1. The molecule has 1 aromatic heterocycles. The number of rotatable bonds is 4. The number of carbonyl (C=O) groups excluding carboxylic acids is 1. The van der Waals surface area contributed by atoms with Crippen LogP contribution in [0.25, 0.3) is 0 Å². The molecule has 2 atom stereocenters. The number of aliphatic carboxylic acids is 1. The third-order valence-corrected chi connectivity index (χ3v) is 5.79. The van der Waals surface area contributed by atoms with Crippen LogP contribution in [0, 0.1) is 0 Å². The minimum Gasteiger partial charge on any atom is -0.480 e. The normalized spacial score (nSPS) is 25.2. The molecule has 2 aliphatic rings. The van der Waals surface area contributed by atoms with E-state index in [0.717, 1.165) is 25.8 Å². The molecule has 0 unspecified atom stereocenters. The van der Waals surface area contributed by atoms with Crippen LogP contribution in [0.15, 0.2) is 11.4 Å². The number of hydrogen-bond acceptors (Lipinski definition) is 4. The highest BCUT2D eigenvalue weighted by atomic mass is 32.1. The van der Waals surface area contributed by atoms with Gasteiger partial charge in [-0.15, -0.1) is 11.3 Å². The molecule has 1 aromatic rings. The lowest BCUT2D eigenvalue weighted by Crippen LogP contribution is -2.47. The van der Waals surface area contributed by atoms with Crippen LogP contribution in [0.2, 0.25) is 0 Å². The van der Waals surface area contributed by atoms with Crippen molar-refractivity contribution in [2.24, 2.45) is 0 Å². The van der Waals surface area contributed by atoms with Gasteiger partial charge in [0.05, 0.1) is 12.6 Å². The first-order valence-electron chi connectivity index (χ1n) is 7.94. The third kappa shape index (κ3) is 2.77. The Morgan fingerprint density at radius 2 is 2.23 bits per heavy atom. The molecule has 0 aromatic carbocycles. The van der Waals surface area contributed by atoms with Crippen molar-refractivity contribution >= 4 is 23.2 Å². The monoisotopic (exact) mass is 322 g/mol. The molecule has 0 saturated carbocycles. The van der Waals surface area contributed by atoms with Crippen LogP contribution in [0.5, 0.6) is 0 Å². The van der Waals surface area contributed by atoms with Gasteiger partial charge in [0.1, 0.15) is 6.04 Å². The lowest BCUT2D eigenvalue weighted by molar-refractivity contribution is -0.144. The molecule has 22 heavy (non-hydrogen) atoms. The zero-order chi connectivity index (χ0) is 15.7. The third-order valence-electron chi connectivity index (χ3n) is 4.79. The van der Waals surface area contributed by atoms with Gasteiger partial charge in [0.15, 0.2) is 0 Å². The summed E-state index contributed by atoms with van der Waals surface area (Å²) in [5.41, 5.74) is 1.28. The zero-order valence-electron chi connectivity index (χ0n) is 12.8. The molecular weight excluding hydrogens is 300 g/mol. The van der Waals surface area contributed by atoms with Gasteiger partial charge in [-0.2, -0.15) is 0 Å². The van der Waals surface area contributed by atoms with Crippen LogP contribution in [0.3, 0.4) is 0 Å². The van der Waals surface area contributed by atoms with Crippen LogP contribution in [0.4, 0.5) is 0 Å². The maximum atomic E-state index is 12.7. The van der Waals surface area contributed by atoms with Gasteiger partial charge in [-0.05, 0) is 49.2 Å². The maximum absolute atomic E-state index is 12.7. The Kier molecular flexibility index (Phi) is 4.49. The number of hydrogen-bond donors (Lipinski definition) is 1. The predicted octanol–water partition coefficient (Wildman–Crippen LogP) is 2.13. The fourth-order valence-electron chi connectivity index (χ4n) is 3.69. The second-order valence-electron chi connectivity index (χ2n) is 6.03. The lowest BCUT2D eigenvalue weighted by atomic mass is 9.97. The van der Waals surface area contributed by atoms with Gasteiger partial charge in [0, 0.05) is 11.4 Å². The maximum Gasteiger partial charge on any atom is 0.320 e. The summed E-state index contributed by atoms with van der Waals surface area (Å²) in [5, 5.41) is 11.3. The van der Waals surface area contributed by atoms with Crippen molar-refractivity contribution < 1.29 is 14.7 Å². The number of amides is 1. The highest BCUT2D eigenvalue weighted by molar-refractivity contribution is 7.10. The highest BCUT2D eigenvalue weighted by Gasteiger charge is 2.35. The molecule has 3 heterocycles. The molecule has 3 rings (SSSR count). The minimum absolute atomic E-state index is 0.0665. The van der Waals surface area contributed by atoms with Crippen molar-refractivity contribution in [1.82, 2.24) is 9.80 Å². The Balaban J connectivity index is 1.71. The van der Waals surface area contributed by atoms with Gasteiger partial charge in [0.2, 0.25) is 5.91 Å². The van der Waals surface area contributed by atoms with E-state index in [9.17, 15) is 14.7 Å². The van der Waals surface area contributed by atoms with Gasteiger partial charge in [0.25, 0.3) is 0 Å². The van der Waals surface area contributed by atoms with E-state index in [1.807, 2.05) is 9.80 Å². The second kappa shape index (κ2) is 6.38. The molecule has 1 fully saturated rings. The van der Waals surface area contributed by atoms with E-state index in [2.05, 4.69) is 18.4 Å². The van der Waals surface area contributed by atoms with Crippen molar-refractivity contribution in [3.63, 3.8) is 0 Å². The summed E-state index contributed by atoms with van der Waals surface area (Å²) in [6.45, 7) is 3.79. The topological polar surface area (TPSA) is 60.9 Å². The van der Waals surface area contributed by atoms with E-state index < -0.39 is 12.0 Å². The summed E-state index contributed by atoms with van der Waals surface area (Å²) >= 11 is 1.77. The quantitative estimate of drug-likeness (QED) is 0.922. The Bertz CT molecular complexity index is 571. The molecule has 1 N–H and O–H groups in total. The summed E-state index contributed by atoms with van der Waals surface area (Å²) in [6, 6.07) is 1.78. The number of thiophene rings is 1. The number of likely N-dealkylation sites (tertiary alicyclic amines) is 1. The van der Waals surface area contributed by atoms with Crippen molar-refractivity contribution in [3.05, 3.63) is 21.9 Å². The van der Waals surface area contributed by atoms with Gasteiger partial charge in [-0.1, -0.05) is 6.92 Å². The van der Waals surface area contributed by atoms with E-state index in [1.54, 1.807) is 11.3 Å². The zero-order valence-corrected chi connectivity index (χ0v) is 13.6. The predicted molar refractivity (Wildman–Crippen MR) is 85.0 cm³/mol. The molecule has 2 aliphatic heterocycles. The van der Waals surface area contributed by atoms with Crippen LogP contribution < -0.4 is 0 Å². The van der Waals surface area contributed by atoms with Gasteiger partial charge < -0.3 is 10.0 Å². The number of carbonyl (C=O) groups is 2. The van der Waals surface area contributed by atoms with E-state index in [-0.39, 0.29) is 18.5 Å². The van der Waals surface area contributed by atoms with E-state index in [4.69, 9.17) is 0 Å². The van der Waals surface area contributed by atoms with Crippen LogP contribution in [0.1, 0.15) is 42.7 Å². The van der Waals surface area contributed by atoms with Crippen LogP contribution in [-0.2, 0) is 16.0 Å². The molecule has 120 valence electrons. The molecule has 0 aliphatic carbocycles. The van der Waals surface area contributed by atoms with Crippen molar-refractivity contribution in [1.29, 1.82) is 0 Å². The Labute approximate surface area is 134 Å². The van der Waals surface area contributed by atoms with E-state index >= 15 is 0 Å². The van der Waals surface area contributed by atoms with Crippen LogP contribution >= 0.6 is 11.3 Å². The Morgan fingerprint density at radius 3 is 2.95 bits per heavy atom. The van der Waals surface area contributed by atoms with E-state index in [0.29, 0.717) is 13.0 Å².